The van der Waals surface area contributed by atoms with Gasteiger partial charge in [0.15, 0.2) is 23.2 Å². The Kier molecular flexibility index (Phi) is 4.93. The largest absolute Gasteiger partial charge is 0.463 e. The SMILES string of the molecule is CCOC(=O)/C=C/c1nc2c(N)ncnc2n1[C@@H]1O[C@H](CO)C[C@H]1O. The number of hydrogen-bond donors (Lipinski definition) is 3. The van der Waals surface area contributed by atoms with Crippen molar-refractivity contribution in [1.29, 1.82) is 0 Å². The smallest absolute Gasteiger partial charge is 0.330 e. The van der Waals surface area contributed by atoms with Crippen LogP contribution in [-0.4, -0.2) is 61.1 Å². The molecule has 1 aliphatic rings. The zero-order valence-corrected chi connectivity index (χ0v) is 13.6. The molecule has 0 saturated carbocycles. The van der Waals surface area contributed by atoms with Gasteiger partial charge in [-0.1, -0.05) is 0 Å². The van der Waals surface area contributed by atoms with Crippen LogP contribution in [0.25, 0.3) is 17.2 Å². The van der Waals surface area contributed by atoms with Crippen molar-refractivity contribution >= 4 is 29.0 Å². The summed E-state index contributed by atoms with van der Waals surface area (Å²) in [6.45, 7) is 1.74. The molecule has 0 bridgehead atoms. The lowest BCUT2D eigenvalue weighted by Crippen LogP contribution is -2.21. The van der Waals surface area contributed by atoms with Crippen LogP contribution in [0.15, 0.2) is 12.4 Å². The minimum absolute atomic E-state index is 0.167. The number of esters is 1. The predicted molar refractivity (Wildman–Crippen MR) is 87.0 cm³/mol. The molecule has 0 unspecified atom stereocenters. The van der Waals surface area contributed by atoms with Gasteiger partial charge in [0.2, 0.25) is 0 Å². The third kappa shape index (κ3) is 3.31. The highest BCUT2D eigenvalue weighted by atomic mass is 16.5. The van der Waals surface area contributed by atoms with Crippen LogP contribution in [0.4, 0.5) is 5.82 Å². The molecule has 0 amide bonds. The van der Waals surface area contributed by atoms with Gasteiger partial charge in [-0.3, -0.25) is 4.57 Å². The molecule has 0 radical (unpaired) electrons. The maximum Gasteiger partial charge on any atom is 0.330 e. The van der Waals surface area contributed by atoms with Crippen molar-refractivity contribution < 1.29 is 24.5 Å². The summed E-state index contributed by atoms with van der Waals surface area (Å²) in [7, 11) is 0. The zero-order chi connectivity index (χ0) is 18.0. The quantitative estimate of drug-likeness (QED) is 0.486. The zero-order valence-electron chi connectivity index (χ0n) is 13.6. The molecule has 1 saturated heterocycles. The lowest BCUT2D eigenvalue weighted by Gasteiger charge is -2.18. The fraction of sp³-hybridized carbons (Fsp3) is 0.467. The highest BCUT2D eigenvalue weighted by Gasteiger charge is 2.37. The van der Waals surface area contributed by atoms with Crippen molar-refractivity contribution in [3.05, 3.63) is 18.2 Å². The number of anilines is 1. The molecule has 0 aromatic carbocycles. The lowest BCUT2D eigenvalue weighted by atomic mass is 10.2. The topological polar surface area (TPSA) is 146 Å². The molecule has 10 heteroatoms. The molecule has 3 atom stereocenters. The highest BCUT2D eigenvalue weighted by Crippen LogP contribution is 2.33. The summed E-state index contributed by atoms with van der Waals surface area (Å²) in [5.74, 6) is -0.0556. The van der Waals surface area contributed by atoms with E-state index in [1.54, 1.807) is 6.92 Å². The maximum absolute atomic E-state index is 11.6. The van der Waals surface area contributed by atoms with Gasteiger partial charge in [-0.15, -0.1) is 0 Å². The first-order valence-corrected chi connectivity index (χ1v) is 7.82. The van der Waals surface area contributed by atoms with Gasteiger partial charge in [-0.25, -0.2) is 19.7 Å². The average molecular weight is 349 g/mol. The Morgan fingerprint density at radius 3 is 3.04 bits per heavy atom. The first-order valence-electron chi connectivity index (χ1n) is 7.82. The van der Waals surface area contributed by atoms with E-state index in [-0.39, 0.29) is 25.5 Å². The summed E-state index contributed by atoms with van der Waals surface area (Å²) in [5.41, 5.74) is 6.53. The number of nitrogen functional groups attached to an aromatic ring is 1. The lowest BCUT2D eigenvalue weighted by molar-refractivity contribution is -0.137. The Balaban J connectivity index is 2.06. The molecular weight excluding hydrogens is 330 g/mol. The van der Waals surface area contributed by atoms with Crippen molar-refractivity contribution in [3.8, 4) is 0 Å². The van der Waals surface area contributed by atoms with Crippen LogP contribution < -0.4 is 5.73 Å². The molecule has 3 heterocycles. The normalized spacial score (nSPS) is 23.6. The Labute approximate surface area is 142 Å². The first kappa shape index (κ1) is 17.3. The van der Waals surface area contributed by atoms with Gasteiger partial charge in [0, 0.05) is 12.5 Å². The van der Waals surface area contributed by atoms with Crippen molar-refractivity contribution in [2.24, 2.45) is 0 Å². The number of rotatable bonds is 5. The number of nitrogens with zero attached hydrogens (tertiary/aromatic N) is 4. The van der Waals surface area contributed by atoms with Gasteiger partial charge in [0.1, 0.15) is 18.3 Å². The van der Waals surface area contributed by atoms with E-state index in [9.17, 15) is 15.0 Å². The van der Waals surface area contributed by atoms with Crippen molar-refractivity contribution in [2.45, 2.75) is 31.8 Å². The fourth-order valence-electron chi connectivity index (χ4n) is 2.72. The molecule has 0 spiro atoms. The minimum Gasteiger partial charge on any atom is -0.463 e. The summed E-state index contributed by atoms with van der Waals surface area (Å²) in [6, 6.07) is 0. The first-order chi connectivity index (χ1) is 12.0. The summed E-state index contributed by atoms with van der Waals surface area (Å²) >= 11 is 0. The van der Waals surface area contributed by atoms with Crippen molar-refractivity contribution in [3.63, 3.8) is 0 Å². The van der Waals surface area contributed by atoms with Gasteiger partial charge in [-0.2, -0.15) is 0 Å². The highest BCUT2D eigenvalue weighted by molar-refractivity contribution is 5.88. The van der Waals surface area contributed by atoms with E-state index in [1.165, 1.54) is 23.0 Å². The molecule has 3 rings (SSSR count). The second-order valence-electron chi connectivity index (χ2n) is 5.49. The summed E-state index contributed by atoms with van der Waals surface area (Å²) in [4.78, 5) is 24.0. The van der Waals surface area contributed by atoms with Crippen LogP contribution in [-0.2, 0) is 14.3 Å². The maximum atomic E-state index is 11.6. The van der Waals surface area contributed by atoms with E-state index in [0.717, 1.165) is 0 Å². The molecule has 10 nitrogen and oxygen atoms in total. The number of aliphatic hydroxyl groups is 2. The van der Waals surface area contributed by atoms with Crippen LogP contribution in [0, 0.1) is 0 Å². The number of nitrogens with two attached hydrogens (primary N) is 1. The van der Waals surface area contributed by atoms with Gasteiger partial charge in [0.05, 0.1) is 19.3 Å². The van der Waals surface area contributed by atoms with E-state index in [0.29, 0.717) is 17.0 Å². The predicted octanol–water partition coefficient (Wildman–Crippen LogP) is -0.375. The fourth-order valence-corrected chi connectivity index (χ4v) is 2.72. The minimum atomic E-state index is -0.875. The second-order valence-corrected chi connectivity index (χ2v) is 5.49. The van der Waals surface area contributed by atoms with E-state index in [4.69, 9.17) is 15.2 Å². The third-order valence-corrected chi connectivity index (χ3v) is 3.81. The number of imidazole rings is 1. The standard InChI is InChI=1S/C15H19N5O5/c1-2-24-11(23)4-3-10-19-12-13(16)17-7-18-14(12)20(10)15-9(22)5-8(6-21)25-15/h3-4,7-9,15,21-22H,2,5-6H2,1H3,(H2,16,17,18)/b4-3+/t8-,9+,15+/m0/s1. The van der Waals surface area contributed by atoms with Gasteiger partial charge < -0.3 is 25.4 Å². The van der Waals surface area contributed by atoms with E-state index in [1.807, 2.05) is 0 Å². The Morgan fingerprint density at radius 1 is 1.56 bits per heavy atom. The number of aromatic nitrogens is 4. The summed E-state index contributed by atoms with van der Waals surface area (Å²) < 4.78 is 12.1. The molecule has 25 heavy (non-hydrogen) atoms. The van der Waals surface area contributed by atoms with E-state index >= 15 is 0 Å². The molecular formula is C15H19N5O5. The molecule has 2 aromatic heterocycles. The van der Waals surface area contributed by atoms with Crippen LogP contribution in [0.5, 0.6) is 0 Å². The molecule has 1 fully saturated rings. The molecule has 1 aliphatic heterocycles. The van der Waals surface area contributed by atoms with Crippen LogP contribution in [0.1, 0.15) is 25.4 Å². The van der Waals surface area contributed by atoms with Crippen molar-refractivity contribution in [2.75, 3.05) is 18.9 Å². The second kappa shape index (κ2) is 7.13. The van der Waals surface area contributed by atoms with Gasteiger partial charge >= 0.3 is 5.97 Å². The molecule has 2 aromatic rings. The molecule has 134 valence electrons. The molecule has 0 aliphatic carbocycles. The van der Waals surface area contributed by atoms with Crippen LogP contribution in [0.3, 0.4) is 0 Å². The number of fused-ring (bicyclic) bond motifs is 1. The number of carbonyl (C=O) groups is 1. The Morgan fingerprint density at radius 2 is 2.36 bits per heavy atom. The number of hydrogen-bond acceptors (Lipinski definition) is 9. The summed E-state index contributed by atoms with van der Waals surface area (Å²) in [5, 5.41) is 19.6. The average Bonchev–Trinajstić information content (AvgIpc) is 3.14. The Hall–Kier alpha value is -2.56. The van der Waals surface area contributed by atoms with E-state index in [2.05, 4.69) is 15.0 Å². The van der Waals surface area contributed by atoms with Gasteiger partial charge in [0.25, 0.3) is 0 Å². The van der Waals surface area contributed by atoms with Crippen molar-refractivity contribution in [1.82, 2.24) is 19.5 Å². The van der Waals surface area contributed by atoms with E-state index < -0.39 is 24.4 Å². The number of aliphatic hydroxyl groups excluding tert-OH is 2. The molecule has 4 N–H and O–H groups in total. The number of carbonyl (C=O) groups excluding carboxylic acids is 1. The van der Waals surface area contributed by atoms with Crippen LogP contribution >= 0.6 is 0 Å². The van der Waals surface area contributed by atoms with Crippen LogP contribution in [0.2, 0.25) is 0 Å². The summed E-state index contributed by atoms with van der Waals surface area (Å²) in [6.07, 6.45) is 2.00. The van der Waals surface area contributed by atoms with Gasteiger partial charge in [-0.05, 0) is 13.0 Å². The monoisotopic (exact) mass is 349 g/mol. The number of ether oxygens (including phenoxy) is 2. The Bertz CT molecular complexity index is 805. The third-order valence-electron chi connectivity index (χ3n) is 3.81.